The minimum absolute atomic E-state index is 0.210. The molecule has 0 saturated heterocycles. The van der Waals surface area contributed by atoms with Gasteiger partial charge in [0.25, 0.3) is 0 Å². The third-order valence-electron chi connectivity index (χ3n) is 3.22. The molecule has 0 spiro atoms. The SMILES string of the molecule is C=CC(SSC(C=C)c1ccc(N)cc1)c1ccc(N)cc1. The summed E-state index contributed by atoms with van der Waals surface area (Å²) in [6, 6.07) is 15.8. The Bertz CT molecular complexity index is 563. The van der Waals surface area contributed by atoms with Crippen molar-refractivity contribution in [3.8, 4) is 0 Å². The van der Waals surface area contributed by atoms with Gasteiger partial charge < -0.3 is 11.5 Å². The predicted octanol–water partition coefficient (Wildman–Crippen LogP) is 5.39. The second-order valence-corrected chi connectivity index (χ2v) is 7.39. The molecule has 0 heterocycles. The van der Waals surface area contributed by atoms with E-state index in [1.165, 1.54) is 11.1 Å². The number of hydrogen-bond acceptors (Lipinski definition) is 4. The minimum atomic E-state index is 0.210. The molecule has 0 amide bonds. The highest BCUT2D eigenvalue weighted by Gasteiger charge is 2.14. The smallest absolute Gasteiger partial charge is 0.0578 e. The van der Waals surface area contributed by atoms with Gasteiger partial charge in [-0.05, 0) is 35.4 Å². The van der Waals surface area contributed by atoms with Crippen LogP contribution in [0.5, 0.6) is 0 Å². The Morgan fingerprint density at radius 2 is 1.00 bits per heavy atom. The molecule has 0 aliphatic carbocycles. The first kappa shape index (κ1) is 16.6. The Hall–Kier alpha value is -1.78. The number of nitrogen functional groups attached to an aromatic ring is 2. The van der Waals surface area contributed by atoms with Crippen LogP contribution in [-0.2, 0) is 0 Å². The summed E-state index contributed by atoms with van der Waals surface area (Å²) in [5.41, 5.74) is 15.4. The van der Waals surface area contributed by atoms with Gasteiger partial charge in [0.05, 0.1) is 10.5 Å². The molecule has 0 aliphatic rings. The van der Waals surface area contributed by atoms with E-state index in [2.05, 4.69) is 13.2 Å². The molecule has 2 unspecified atom stereocenters. The molecule has 0 aliphatic heterocycles. The van der Waals surface area contributed by atoms with Crippen molar-refractivity contribution in [1.29, 1.82) is 0 Å². The third-order valence-corrected chi connectivity index (χ3v) is 6.25. The number of rotatable bonds is 7. The monoisotopic (exact) mass is 328 g/mol. The van der Waals surface area contributed by atoms with Crippen molar-refractivity contribution in [1.82, 2.24) is 0 Å². The van der Waals surface area contributed by atoms with Gasteiger partial charge in [0.1, 0.15) is 0 Å². The van der Waals surface area contributed by atoms with Gasteiger partial charge in [0.2, 0.25) is 0 Å². The minimum Gasteiger partial charge on any atom is -0.399 e. The van der Waals surface area contributed by atoms with E-state index < -0.39 is 0 Å². The van der Waals surface area contributed by atoms with Crippen molar-refractivity contribution < 1.29 is 0 Å². The fourth-order valence-corrected chi connectivity index (χ4v) is 4.74. The van der Waals surface area contributed by atoms with Gasteiger partial charge in [-0.3, -0.25) is 0 Å². The average molecular weight is 329 g/mol. The van der Waals surface area contributed by atoms with Crippen LogP contribution in [0.15, 0.2) is 73.8 Å². The quantitative estimate of drug-likeness (QED) is 0.406. The third kappa shape index (κ3) is 4.36. The average Bonchev–Trinajstić information content (AvgIpc) is 2.54. The van der Waals surface area contributed by atoms with Crippen molar-refractivity contribution in [3.05, 3.63) is 85.0 Å². The standard InChI is InChI=1S/C18H20N2S2/c1-3-17(13-5-9-15(19)10-6-13)21-22-18(4-2)14-7-11-16(20)12-8-14/h3-12,17-18H,1-2,19-20H2. The summed E-state index contributed by atoms with van der Waals surface area (Å²) in [5.74, 6) is 0. The van der Waals surface area contributed by atoms with Crippen molar-refractivity contribution in [2.45, 2.75) is 10.5 Å². The van der Waals surface area contributed by atoms with Gasteiger partial charge in [0, 0.05) is 11.4 Å². The maximum Gasteiger partial charge on any atom is 0.0578 e. The first-order valence-corrected chi connectivity index (χ1v) is 9.19. The van der Waals surface area contributed by atoms with Crippen molar-refractivity contribution in [3.63, 3.8) is 0 Å². The van der Waals surface area contributed by atoms with Crippen LogP contribution >= 0.6 is 21.6 Å². The zero-order valence-electron chi connectivity index (χ0n) is 12.3. The molecule has 0 radical (unpaired) electrons. The van der Waals surface area contributed by atoms with Crippen molar-refractivity contribution >= 4 is 33.0 Å². The number of nitrogens with two attached hydrogens (primary N) is 2. The Balaban J connectivity index is 2.04. The molecule has 2 nitrogen and oxygen atoms in total. The highest BCUT2D eigenvalue weighted by atomic mass is 33.1. The zero-order chi connectivity index (χ0) is 15.9. The molecular weight excluding hydrogens is 308 g/mol. The van der Waals surface area contributed by atoms with Gasteiger partial charge in [-0.25, -0.2) is 0 Å². The lowest BCUT2D eigenvalue weighted by Gasteiger charge is -2.17. The van der Waals surface area contributed by atoms with Crippen LogP contribution in [0.4, 0.5) is 11.4 Å². The molecular formula is C18H20N2S2. The molecule has 0 bridgehead atoms. The van der Waals surface area contributed by atoms with Crippen LogP contribution in [0.3, 0.4) is 0 Å². The predicted molar refractivity (Wildman–Crippen MR) is 103 cm³/mol. The Labute approximate surface area is 140 Å². The summed E-state index contributed by atoms with van der Waals surface area (Å²) in [4.78, 5) is 0. The second-order valence-electron chi connectivity index (χ2n) is 4.84. The lowest BCUT2D eigenvalue weighted by atomic mass is 10.1. The van der Waals surface area contributed by atoms with E-state index in [1.54, 1.807) is 21.6 Å². The van der Waals surface area contributed by atoms with E-state index in [1.807, 2.05) is 60.7 Å². The number of anilines is 2. The summed E-state index contributed by atoms with van der Waals surface area (Å²) in [6.45, 7) is 7.88. The lowest BCUT2D eigenvalue weighted by Crippen LogP contribution is -1.93. The van der Waals surface area contributed by atoms with E-state index >= 15 is 0 Å². The highest BCUT2D eigenvalue weighted by molar-refractivity contribution is 8.76. The molecule has 4 N–H and O–H groups in total. The summed E-state index contributed by atoms with van der Waals surface area (Å²) in [7, 11) is 3.54. The van der Waals surface area contributed by atoms with E-state index in [-0.39, 0.29) is 10.5 Å². The molecule has 2 atom stereocenters. The molecule has 114 valence electrons. The summed E-state index contributed by atoms with van der Waals surface area (Å²) in [6.07, 6.45) is 3.90. The fourth-order valence-electron chi connectivity index (χ4n) is 1.95. The molecule has 2 aromatic rings. The summed E-state index contributed by atoms with van der Waals surface area (Å²) >= 11 is 0. The molecule has 0 aromatic heterocycles. The van der Waals surface area contributed by atoms with Gasteiger partial charge in [-0.2, -0.15) is 0 Å². The maximum absolute atomic E-state index is 5.74. The molecule has 22 heavy (non-hydrogen) atoms. The van der Waals surface area contributed by atoms with E-state index in [0.717, 1.165) is 11.4 Å². The largest absolute Gasteiger partial charge is 0.399 e. The van der Waals surface area contributed by atoms with E-state index in [0.29, 0.717) is 0 Å². The van der Waals surface area contributed by atoms with Crippen molar-refractivity contribution in [2.24, 2.45) is 0 Å². The molecule has 2 aromatic carbocycles. The fraction of sp³-hybridized carbons (Fsp3) is 0.111. The number of benzene rings is 2. The van der Waals surface area contributed by atoms with Crippen LogP contribution in [0.1, 0.15) is 21.6 Å². The van der Waals surface area contributed by atoms with Crippen LogP contribution in [-0.4, -0.2) is 0 Å². The molecule has 2 rings (SSSR count). The first-order valence-electron chi connectivity index (χ1n) is 6.92. The van der Waals surface area contributed by atoms with Gasteiger partial charge in [-0.1, -0.05) is 58.0 Å². The maximum atomic E-state index is 5.74. The van der Waals surface area contributed by atoms with Crippen LogP contribution in [0, 0.1) is 0 Å². The highest BCUT2D eigenvalue weighted by Crippen LogP contribution is 2.47. The van der Waals surface area contributed by atoms with Gasteiger partial charge in [-0.15, -0.1) is 13.2 Å². The second kappa shape index (κ2) is 8.01. The molecule has 0 fully saturated rings. The van der Waals surface area contributed by atoms with Crippen molar-refractivity contribution in [2.75, 3.05) is 11.5 Å². The van der Waals surface area contributed by atoms with Crippen LogP contribution < -0.4 is 11.5 Å². The van der Waals surface area contributed by atoms with E-state index in [4.69, 9.17) is 11.5 Å². The first-order chi connectivity index (χ1) is 10.6. The van der Waals surface area contributed by atoms with Gasteiger partial charge in [0.15, 0.2) is 0 Å². The normalized spacial score (nSPS) is 13.3. The van der Waals surface area contributed by atoms with E-state index in [9.17, 15) is 0 Å². The Morgan fingerprint density at radius 1 is 0.682 bits per heavy atom. The summed E-state index contributed by atoms with van der Waals surface area (Å²) in [5, 5.41) is 0.420. The summed E-state index contributed by atoms with van der Waals surface area (Å²) < 4.78 is 0. The Kier molecular flexibility index (Phi) is 6.04. The topological polar surface area (TPSA) is 52.0 Å². The van der Waals surface area contributed by atoms with Crippen LogP contribution in [0.25, 0.3) is 0 Å². The lowest BCUT2D eigenvalue weighted by molar-refractivity contribution is 1.23. The van der Waals surface area contributed by atoms with Gasteiger partial charge >= 0.3 is 0 Å². The molecule has 4 heteroatoms. The number of hydrogen-bond donors (Lipinski definition) is 2. The Morgan fingerprint density at radius 3 is 1.27 bits per heavy atom. The molecule has 0 saturated carbocycles. The zero-order valence-corrected chi connectivity index (χ0v) is 13.9. The van der Waals surface area contributed by atoms with Crippen LogP contribution in [0.2, 0.25) is 0 Å².